The summed E-state index contributed by atoms with van der Waals surface area (Å²) in [6.07, 6.45) is 0. The van der Waals surface area contributed by atoms with Gasteiger partial charge in [-0.3, -0.25) is 0 Å². The molecule has 2 aromatic heterocycles. The second kappa shape index (κ2) is 21.0. The maximum Gasteiger partial charge on any atom is 0.133 e. The maximum absolute atomic E-state index is 5.92. The van der Waals surface area contributed by atoms with Crippen LogP contribution in [0.2, 0.25) is 0 Å². The van der Waals surface area contributed by atoms with Crippen LogP contribution in [0.25, 0.3) is 44.6 Å². The van der Waals surface area contributed by atoms with Gasteiger partial charge in [-0.25, -0.2) is 9.97 Å². The topological polar surface area (TPSA) is 64.5 Å². The number of para-hydroxylation sites is 6. The minimum atomic E-state index is 0.656. The van der Waals surface area contributed by atoms with Gasteiger partial charge in [-0.05, 0) is 109 Å². The van der Waals surface area contributed by atoms with Crippen molar-refractivity contribution in [1.29, 1.82) is 0 Å². The summed E-state index contributed by atoms with van der Waals surface area (Å²) >= 11 is 1.19. The predicted octanol–water partition coefficient (Wildman–Crippen LogP) is 18.8. The zero-order valence-electron chi connectivity index (χ0n) is 41.7. The first-order valence-corrected chi connectivity index (χ1v) is 26.3. The van der Waals surface area contributed by atoms with Gasteiger partial charge in [-0.1, -0.05) is 182 Å². The van der Waals surface area contributed by atoms with Gasteiger partial charge in [0.1, 0.15) is 33.4 Å². The van der Waals surface area contributed by atoms with Crippen molar-refractivity contribution in [1.82, 2.24) is 18.7 Å². The molecule has 0 aliphatic carbocycles. The summed E-state index contributed by atoms with van der Waals surface area (Å²) in [4.78, 5) is 21.0. The van der Waals surface area contributed by atoms with E-state index in [1.807, 2.05) is 24.3 Å². The summed E-state index contributed by atoms with van der Waals surface area (Å²) < 4.78 is 10.6. The van der Waals surface area contributed by atoms with Crippen molar-refractivity contribution in [2.45, 2.75) is 0 Å². The highest BCUT2D eigenvalue weighted by Crippen LogP contribution is 2.52. The molecule has 13 aromatic rings. The molecule has 0 atom stereocenters. The summed E-state index contributed by atoms with van der Waals surface area (Å²) in [5, 5.41) is 0. The molecule has 8 nitrogen and oxygen atoms in total. The normalized spacial score (nSPS) is 11.1. The highest BCUT2D eigenvalue weighted by molar-refractivity contribution is 7.00. The molecule has 0 aliphatic rings. The molecular formula is C68H48N8S. The Hall–Kier alpha value is -10.2. The summed E-state index contributed by atoms with van der Waals surface area (Å²) in [6, 6.07) is 101. The zero-order chi connectivity index (χ0) is 51.3. The molecule has 0 spiro atoms. The van der Waals surface area contributed by atoms with Crippen molar-refractivity contribution in [2.24, 2.45) is 0 Å². The fraction of sp³-hybridized carbons (Fsp3) is 0. The Labute approximate surface area is 451 Å². The predicted molar refractivity (Wildman–Crippen MR) is 320 cm³/mol. The molecule has 11 aromatic carbocycles. The third-order valence-corrected chi connectivity index (χ3v) is 14.1. The van der Waals surface area contributed by atoms with Gasteiger partial charge < -0.3 is 19.6 Å². The van der Waals surface area contributed by atoms with E-state index < -0.39 is 0 Å². The van der Waals surface area contributed by atoms with Crippen LogP contribution in [0.4, 0.5) is 68.2 Å². The summed E-state index contributed by atoms with van der Waals surface area (Å²) in [6.45, 7) is 0. The van der Waals surface area contributed by atoms with Gasteiger partial charge in [0.05, 0.1) is 23.1 Å². The van der Waals surface area contributed by atoms with Crippen LogP contribution in [0.1, 0.15) is 0 Å². The molecule has 0 saturated heterocycles. The molecular weight excluding hydrogens is 961 g/mol. The van der Waals surface area contributed by atoms with E-state index in [2.05, 4.69) is 287 Å². The second-order valence-corrected chi connectivity index (χ2v) is 18.9. The molecule has 366 valence electrons. The number of hydrogen-bond donors (Lipinski definition) is 0. The number of fused-ring (bicyclic) bond motifs is 2. The van der Waals surface area contributed by atoms with E-state index in [1.165, 1.54) is 11.7 Å². The van der Waals surface area contributed by atoms with Crippen molar-refractivity contribution < 1.29 is 0 Å². The average molecular weight is 1010 g/mol. The highest BCUT2D eigenvalue weighted by Gasteiger charge is 2.32. The molecule has 0 N–H and O–H groups in total. The average Bonchev–Trinajstić information content (AvgIpc) is 4.08. The van der Waals surface area contributed by atoms with Crippen LogP contribution in [0.15, 0.2) is 291 Å². The Morgan fingerprint density at radius 3 is 0.740 bits per heavy atom. The Balaban J connectivity index is 1.12. The van der Waals surface area contributed by atoms with Crippen LogP contribution in [0, 0.1) is 0 Å². The second-order valence-electron chi connectivity index (χ2n) is 18.4. The first-order valence-electron chi connectivity index (χ1n) is 25.6. The number of anilines is 12. The Morgan fingerprint density at radius 2 is 0.455 bits per heavy atom. The number of aromatic nitrogens is 4. The van der Waals surface area contributed by atoms with Crippen LogP contribution < -0.4 is 19.6 Å². The van der Waals surface area contributed by atoms with Crippen molar-refractivity contribution >= 4 is 102 Å². The standard InChI is InChI=1S/C68H48N8S/c1-9-27-49(28-10-1)61-62(50-29-11-2-12-30-50)70-64-63(69-61)67(75(55-39-21-7-22-40-55)59-45-25-43-57(47-59)73(51-31-13-3-14-32-51)52-33-15-4-16-34-52)65-66(72-77-71-65)68(64)76(56-41-23-8-24-42-56)60-46-26-44-58(48-60)74(53-35-17-5-18-36-53)54-37-19-6-20-38-54/h1-48H. The fourth-order valence-electron chi connectivity index (χ4n) is 10.2. The number of rotatable bonds is 14. The highest BCUT2D eigenvalue weighted by atomic mass is 32.1. The molecule has 0 fully saturated rings. The smallest absolute Gasteiger partial charge is 0.133 e. The van der Waals surface area contributed by atoms with E-state index in [0.717, 1.165) is 90.8 Å². The molecule has 2 heterocycles. The van der Waals surface area contributed by atoms with Crippen molar-refractivity contribution in [3.05, 3.63) is 291 Å². The number of benzene rings is 11. The fourth-order valence-corrected chi connectivity index (χ4v) is 10.8. The van der Waals surface area contributed by atoms with E-state index in [4.69, 9.17) is 18.7 Å². The summed E-state index contributed by atoms with van der Waals surface area (Å²) in [5.74, 6) is 0. The molecule has 0 unspecified atom stereocenters. The monoisotopic (exact) mass is 1010 g/mol. The lowest BCUT2D eigenvalue weighted by Crippen LogP contribution is -2.17. The quantitative estimate of drug-likeness (QED) is 0.0999. The third-order valence-electron chi connectivity index (χ3n) is 13.6. The first kappa shape index (κ1) is 46.6. The summed E-state index contributed by atoms with van der Waals surface area (Å²) in [5.41, 5.74) is 17.3. The third kappa shape index (κ3) is 9.07. The van der Waals surface area contributed by atoms with Crippen molar-refractivity contribution in [2.75, 3.05) is 19.6 Å². The minimum Gasteiger partial charge on any atom is -0.310 e. The molecule has 0 radical (unpaired) electrons. The van der Waals surface area contributed by atoms with Crippen LogP contribution in [-0.4, -0.2) is 18.7 Å². The summed E-state index contributed by atoms with van der Waals surface area (Å²) in [7, 11) is 0. The van der Waals surface area contributed by atoms with Crippen LogP contribution in [0.3, 0.4) is 0 Å². The van der Waals surface area contributed by atoms with Gasteiger partial charge in [0.15, 0.2) is 0 Å². The zero-order valence-corrected chi connectivity index (χ0v) is 42.5. The van der Waals surface area contributed by atoms with E-state index in [9.17, 15) is 0 Å². The molecule has 0 aliphatic heterocycles. The maximum atomic E-state index is 5.92. The number of hydrogen-bond acceptors (Lipinski definition) is 9. The van der Waals surface area contributed by atoms with E-state index in [-0.39, 0.29) is 0 Å². The Kier molecular flexibility index (Phi) is 12.7. The first-order chi connectivity index (χ1) is 38.2. The lowest BCUT2D eigenvalue weighted by Gasteiger charge is -2.32. The van der Waals surface area contributed by atoms with Crippen LogP contribution in [0.5, 0.6) is 0 Å². The SMILES string of the molecule is c1ccc(-c2nc3c(N(c4ccccc4)c4cccc(N(c5ccccc5)c5ccccc5)c4)c4nsnc4c(N(c4ccccc4)c4cccc(N(c5ccccc5)c5ccccc5)c4)c3nc2-c2ccccc2)cc1. The molecule has 0 bridgehead atoms. The van der Waals surface area contributed by atoms with Gasteiger partial charge in [-0.15, -0.1) is 0 Å². The molecule has 0 saturated carbocycles. The lowest BCUT2D eigenvalue weighted by atomic mass is 10.0. The van der Waals surface area contributed by atoms with Gasteiger partial charge in [0.2, 0.25) is 0 Å². The minimum absolute atomic E-state index is 0.656. The van der Waals surface area contributed by atoms with Crippen molar-refractivity contribution in [3.8, 4) is 22.5 Å². The Bertz CT molecular complexity index is 3750. The Morgan fingerprint density at radius 1 is 0.221 bits per heavy atom. The van der Waals surface area contributed by atoms with Crippen molar-refractivity contribution in [3.63, 3.8) is 0 Å². The molecule has 13 rings (SSSR count). The van der Waals surface area contributed by atoms with Gasteiger partial charge in [0, 0.05) is 68.0 Å². The van der Waals surface area contributed by atoms with Gasteiger partial charge >= 0.3 is 0 Å². The number of nitrogens with zero attached hydrogens (tertiary/aromatic N) is 8. The van der Waals surface area contributed by atoms with Gasteiger partial charge in [0.25, 0.3) is 0 Å². The van der Waals surface area contributed by atoms with Crippen LogP contribution in [-0.2, 0) is 0 Å². The van der Waals surface area contributed by atoms with E-state index in [0.29, 0.717) is 22.1 Å². The van der Waals surface area contributed by atoms with Gasteiger partial charge in [-0.2, -0.15) is 8.75 Å². The molecule has 77 heavy (non-hydrogen) atoms. The van der Waals surface area contributed by atoms with E-state index in [1.54, 1.807) is 0 Å². The molecule has 9 heteroatoms. The van der Waals surface area contributed by atoms with Crippen LogP contribution >= 0.6 is 11.7 Å². The molecule has 0 amide bonds. The van der Waals surface area contributed by atoms with E-state index >= 15 is 0 Å². The largest absolute Gasteiger partial charge is 0.310 e. The lowest BCUT2D eigenvalue weighted by molar-refractivity contribution is 1.22.